The average molecular weight is 310 g/mol. The molecule has 0 saturated carbocycles. The van der Waals surface area contributed by atoms with Gasteiger partial charge in [-0.05, 0) is 40.2 Å². The van der Waals surface area contributed by atoms with E-state index < -0.39 is 5.97 Å². The van der Waals surface area contributed by atoms with Crippen molar-refractivity contribution in [3.05, 3.63) is 50.6 Å². The normalized spacial score (nSPS) is 10.9. The average Bonchev–Trinajstić information content (AvgIpc) is 2.73. The van der Waals surface area contributed by atoms with Gasteiger partial charge in [0.05, 0.1) is 15.0 Å². The van der Waals surface area contributed by atoms with Gasteiger partial charge in [-0.3, -0.25) is 4.99 Å². The van der Waals surface area contributed by atoms with E-state index >= 15 is 0 Å². The van der Waals surface area contributed by atoms with Gasteiger partial charge in [0.1, 0.15) is 0 Å². The van der Waals surface area contributed by atoms with E-state index in [0.29, 0.717) is 5.69 Å². The third-order valence-corrected chi connectivity index (χ3v) is 3.62. The van der Waals surface area contributed by atoms with Gasteiger partial charge in [-0.15, -0.1) is 11.3 Å². The maximum absolute atomic E-state index is 11.0. The monoisotopic (exact) mass is 309 g/mol. The van der Waals surface area contributed by atoms with Gasteiger partial charge in [-0.25, -0.2) is 4.79 Å². The number of aliphatic imine (C=N–C) groups is 1. The van der Waals surface area contributed by atoms with Crippen LogP contribution in [0.25, 0.3) is 0 Å². The molecule has 0 aliphatic heterocycles. The molecule has 0 bridgehead atoms. The summed E-state index contributed by atoms with van der Waals surface area (Å²) in [5, 5.41) is 8.99. The van der Waals surface area contributed by atoms with E-state index in [9.17, 15) is 4.79 Å². The smallest absolute Gasteiger partial charge is 0.337 e. The Bertz CT molecular complexity index is 577. The second-order valence-corrected chi connectivity index (χ2v) is 5.72. The molecular weight excluding hydrogens is 302 g/mol. The summed E-state index contributed by atoms with van der Waals surface area (Å²) in [6, 6.07) is 10.5. The van der Waals surface area contributed by atoms with Gasteiger partial charge < -0.3 is 5.11 Å². The zero-order valence-electron chi connectivity index (χ0n) is 8.63. The lowest BCUT2D eigenvalue weighted by Crippen LogP contribution is -1.95. The van der Waals surface area contributed by atoms with Crippen LogP contribution in [-0.4, -0.2) is 17.3 Å². The quantitative estimate of drug-likeness (QED) is 0.872. The molecule has 3 nitrogen and oxygen atoms in total. The summed E-state index contributed by atoms with van der Waals surface area (Å²) in [6.07, 6.45) is 1.66. The van der Waals surface area contributed by atoms with Crippen LogP contribution >= 0.6 is 27.3 Å². The molecule has 0 atom stereocenters. The molecule has 1 N–H and O–H groups in total. The van der Waals surface area contributed by atoms with Crippen molar-refractivity contribution in [1.29, 1.82) is 0 Å². The zero-order chi connectivity index (χ0) is 12.3. The molecule has 0 aliphatic carbocycles. The first-order chi connectivity index (χ1) is 8.16. The summed E-state index contributed by atoms with van der Waals surface area (Å²) in [7, 11) is 0. The van der Waals surface area contributed by atoms with E-state index in [-0.39, 0.29) is 5.56 Å². The molecule has 86 valence electrons. The summed E-state index contributed by atoms with van der Waals surface area (Å²) < 4.78 is 1.02. The van der Waals surface area contributed by atoms with E-state index in [1.165, 1.54) is 0 Å². The number of thiophene rings is 1. The Labute approximate surface area is 111 Å². The molecule has 5 heteroatoms. The van der Waals surface area contributed by atoms with Gasteiger partial charge in [0.15, 0.2) is 0 Å². The summed E-state index contributed by atoms with van der Waals surface area (Å²) >= 11 is 4.90. The Morgan fingerprint density at radius 1 is 1.29 bits per heavy atom. The molecule has 2 aromatic rings. The van der Waals surface area contributed by atoms with Gasteiger partial charge >= 0.3 is 5.97 Å². The first-order valence-electron chi connectivity index (χ1n) is 4.78. The predicted octanol–water partition coefficient (Wildman–Crippen LogP) is 3.96. The standard InChI is InChI=1S/C12H8BrNO2S/c13-11-6-5-8(17-11)7-14-10-4-2-1-3-9(10)12(15)16/h1-7H,(H,15,16). The summed E-state index contributed by atoms with van der Waals surface area (Å²) in [5.74, 6) is -0.967. The zero-order valence-corrected chi connectivity index (χ0v) is 11.0. The first kappa shape index (κ1) is 12.0. The highest BCUT2D eigenvalue weighted by atomic mass is 79.9. The predicted molar refractivity (Wildman–Crippen MR) is 72.7 cm³/mol. The van der Waals surface area contributed by atoms with Crippen LogP contribution in [0.5, 0.6) is 0 Å². The fraction of sp³-hybridized carbons (Fsp3) is 0. The van der Waals surface area contributed by atoms with Crippen LogP contribution in [0.3, 0.4) is 0 Å². The molecule has 0 amide bonds. The highest BCUT2D eigenvalue weighted by molar-refractivity contribution is 9.11. The molecule has 1 heterocycles. The number of carboxylic acid groups (broad SMARTS) is 1. The van der Waals surface area contributed by atoms with E-state index in [1.807, 2.05) is 12.1 Å². The van der Waals surface area contributed by atoms with Crippen molar-refractivity contribution in [2.45, 2.75) is 0 Å². The first-order valence-corrected chi connectivity index (χ1v) is 6.39. The van der Waals surface area contributed by atoms with Gasteiger partial charge in [0.25, 0.3) is 0 Å². The van der Waals surface area contributed by atoms with E-state index in [0.717, 1.165) is 8.66 Å². The second kappa shape index (κ2) is 5.25. The van der Waals surface area contributed by atoms with Crippen molar-refractivity contribution in [2.24, 2.45) is 4.99 Å². The van der Waals surface area contributed by atoms with Crippen molar-refractivity contribution in [1.82, 2.24) is 0 Å². The third-order valence-electron chi connectivity index (χ3n) is 2.06. The SMILES string of the molecule is O=C(O)c1ccccc1N=Cc1ccc(Br)s1. The minimum Gasteiger partial charge on any atom is -0.478 e. The van der Waals surface area contributed by atoms with E-state index in [2.05, 4.69) is 20.9 Å². The fourth-order valence-corrected chi connectivity index (χ4v) is 2.59. The Kier molecular flexibility index (Phi) is 3.71. The number of halogens is 1. The molecule has 0 unspecified atom stereocenters. The second-order valence-electron chi connectivity index (χ2n) is 3.22. The number of aromatic carboxylic acids is 1. The maximum Gasteiger partial charge on any atom is 0.337 e. The number of hydrogen-bond acceptors (Lipinski definition) is 3. The Morgan fingerprint density at radius 3 is 2.71 bits per heavy atom. The topological polar surface area (TPSA) is 49.7 Å². The highest BCUT2D eigenvalue weighted by Crippen LogP contribution is 2.22. The molecular formula is C12H8BrNO2S. The summed E-state index contributed by atoms with van der Waals surface area (Å²) in [5.41, 5.74) is 0.670. The summed E-state index contributed by atoms with van der Waals surface area (Å²) in [6.45, 7) is 0. The van der Waals surface area contributed by atoms with Crippen molar-refractivity contribution in [3.63, 3.8) is 0 Å². The lowest BCUT2D eigenvalue weighted by molar-refractivity contribution is 0.0698. The molecule has 1 aromatic heterocycles. The minimum atomic E-state index is -0.967. The molecule has 0 spiro atoms. The van der Waals surface area contributed by atoms with Crippen LogP contribution in [0.1, 0.15) is 15.2 Å². The van der Waals surface area contributed by atoms with E-state index in [4.69, 9.17) is 5.11 Å². The van der Waals surface area contributed by atoms with Crippen LogP contribution in [0.4, 0.5) is 5.69 Å². The minimum absolute atomic E-state index is 0.208. The maximum atomic E-state index is 11.0. The van der Waals surface area contributed by atoms with E-state index in [1.54, 1.807) is 41.8 Å². The molecule has 1 aromatic carbocycles. The Hall–Kier alpha value is -1.46. The fourth-order valence-electron chi connectivity index (χ4n) is 1.30. The van der Waals surface area contributed by atoms with Crippen LogP contribution in [0.2, 0.25) is 0 Å². The molecule has 0 radical (unpaired) electrons. The van der Waals surface area contributed by atoms with Crippen LogP contribution in [0, 0.1) is 0 Å². The highest BCUT2D eigenvalue weighted by Gasteiger charge is 2.07. The number of hydrogen-bond donors (Lipinski definition) is 1. The number of carbonyl (C=O) groups is 1. The van der Waals surface area contributed by atoms with Crippen molar-refractivity contribution < 1.29 is 9.90 Å². The number of para-hydroxylation sites is 1. The number of carboxylic acids is 1. The molecule has 0 fully saturated rings. The number of nitrogens with zero attached hydrogens (tertiary/aromatic N) is 1. The molecule has 0 aliphatic rings. The van der Waals surface area contributed by atoms with Gasteiger partial charge in [0, 0.05) is 11.1 Å². The van der Waals surface area contributed by atoms with Crippen LogP contribution in [-0.2, 0) is 0 Å². The lowest BCUT2D eigenvalue weighted by Gasteiger charge is -1.98. The third kappa shape index (κ3) is 3.01. The molecule has 17 heavy (non-hydrogen) atoms. The van der Waals surface area contributed by atoms with Gasteiger partial charge in [-0.2, -0.15) is 0 Å². The van der Waals surface area contributed by atoms with Crippen LogP contribution in [0.15, 0.2) is 45.2 Å². The van der Waals surface area contributed by atoms with Gasteiger partial charge in [0.2, 0.25) is 0 Å². The van der Waals surface area contributed by atoms with Gasteiger partial charge in [-0.1, -0.05) is 12.1 Å². The molecule has 0 saturated heterocycles. The van der Waals surface area contributed by atoms with Crippen molar-refractivity contribution in [3.8, 4) is 0 Å². The number of rotatable bonds is 3. The number of benzene rings is 1. The van der Waals surface area contributed by atoms with Crippen molar-refractivity contribution in [2.75, 3.05) is 0 Å². The summed E-state index contributed by atoms with van der Waals surface area (Å²) in [4.78, 5) is 16.1. The molecule has 2 rings (SSSR count). The Balaban J connectivity index is 2.30. The largest absolute Gasteiger partial charge is 0.478 e. The lowest BCUT2D eigenvalue weighted by atomic mass is 10.2. The van der Waals surface area contributed by atoms with Crippen LogP contribution < -0.4 is 0 Å². The Morgan fingerprint density at radius 2 is 2.06 bits per heavy atom. The van der Waals surface area contributed by atoms with Crippen molar-refractivity contribution >= 4 is 45.1 Å².